The third kappa shape index (κ3) is 3.60. The van der Waals surface area contributed by atoms with Gasteiger partial charge in [0.2, 0.25) is 0 Å². The molecule has 0 radical (unpaired) electrons. The number of hydrogen-bond donors (Lipinski definition) is 0. The van der Waals surface area contributed by atoms with Crippen molar-refractivity contribution in [1.29, 1.82) is 0 Å². The first-order valence-electron chi connectivity index (χ1n) is 5.67. The quantitative estimate of drug-likeness (QED) is 0.723. The van der Waals surface area contributed by atoms with E-state index < -0.39 is 20.0 Å². The molecule has 0 aliphatic heterocycles. The Morgan fingerprint density at radius 1 is 1.43 bits per heavy atom. The smallest absolute Gasteiger partial charge is 0.296 e. The molecule has 0 aliphatic rings. The summed E-state index contributed by atoms with van der Waals surface area (Å²) in [6.45, 7) is 0.318. The van der Waals surface area contributed by atoms with Crippen molar-refractivity contribution in [2.45, 2.75) is 11.7 Å². The van der Waals surface area contributed by atoms with Crippen molar-refractivity contribution in [3.63, 3.8) is 0 Å². The van der Waals surface area contributed by atoms with Crippen LogP contribution in [0.5, 0.6) is 0 Å². The van der Waals surface area contributed by atoms with Crippen LogP contribution in [0.25, 0.3) is 11.4 Å². The second-order valence-corrected chi connectivity index (χ2v) is 7.39. The highest BCUT2D eigenvalue weighted by Crippen LogP contribution is 2.26. The Balaban J connectivity index is 2.60. The van der Waals surface area contributed by atoms with Crippen molar-refractivity contribution < 1.29 is 17.5 Å². The summed E-state index contributed by atoms with van der Waals surface area (Å²) in [6, 6.07) is 4.33. The predicted molar refractivity (Wildman–Crippen MR) is 78.0 cm³/mol. The van der Waals surface area contributed by atoms with Gasteiger partial charge in [0.05, 0.1) is 18.7 Å². The van der Waals surface area contributed by atoms with Crippen molar-refractivity contribution in [1.82, 2.24) is 14.8 Å². The summed E-state index contributed by atoms with van der Waals surface area (Å²) in [5.74, 6) is -0.495. The van der Waals surface area contributed by atoms with Gasteiger partial charge in [-0.15, -0.1) is 10.2 Å². The Bertz CT molecular complexity index is 766. The average Bonchev–Trinajstić information content (AvgIpc) is 2.79. The van der Waals surface area contributed by atoms with E-state index in [4.69, 9.17) is 15.4 Å². The van der Waals surface area contributed by atoms with E-state index in [1.165, 1.54) is 23.8 Å². The Morgan fingerprint density at radius 2 is 2.14 bits per heavy atom. The molecule has 114 valence electrons. The van der Waals surface area contributed by atoms with E-state index in [1.54, 1.807) is 6.07 Å². The lowest BCUT2D eigenvalue weighted by molar-refractivity contribution is 0.185. The molecular weight excluding hydrogens is 389 g/mol. The van der Waals surface area contributed by atoms with Gasteiger partial charge in [-0.3, -0.25) is 4.57 Å². The molecule has 0 amide bonds. The molecule has 6 nitrogen and oxygen atoms in total. The first kappa shape index (κ1) is 16.3. The minimum Gasteiger partial charge on any atom is -0.383 e. The van der Waals surface area contributed by atoms with E-state index in [0.29, 0.717) is 4.47 Å². The van der Waals surface area contributed by atoms with Gasteiger partial charge in [0.1, 0.15) is 5.82 Å². The number of methoxy groups -OCH3 is 1. The summed E-state index contributed by atoms with van der Waals surface area (Å²) in [5, 5.41) is 6.83. The van der Waals surface area contributed by atoms with Gasteiger partial charge in [-0.25, -0.2) is 12.8 Å². The molecule has 0 bridgehead atoms. The molecule has 0 unspecified atom stereocenters. The molecule has 1 heterocycles. The summed E-state index contributed by atoms with van der Waals surface area (Å²) in [4.78, 5) is 0. The van der Waals surface area contributed by atoms with Crippen LogP contribution in [-0.4, -0.2) is 36.9 Å². The molecule has 0 atom stereocenters. The fourth-order valence-electron chi connectivity index (χ4n) is 1.72. The number of halogens is 3. The molecule has 0 N–H and O–H groups in total. The zero-order valence-corrected chi connectivity index (χ0v) is 13.9. The monoisotopic (exact) mass is 397 g/mol. The van der Waals surface area contributed by atoms with Gasteiger partial charge in [0.25, 0.3) is 14.2 Å². The van der Waals surface area contributed by atoms with Gasteiger partial charge in [0, 0.05) is 22.3 Å². The third-order valence-electron chi connectivity index (χ3n) is 2.63. The van der Waals surface area contributed by atoms with Crippen molar-refractivity contribution >= 4 is 35.7 Å². The van der Waals surface area contributed by atoms with E-state index in [2.05, 4.69) is 26.1 Å². The minimum atomic E-state index is -4.10. The molecule has 10 heteroatoms. The predicted octanol–water partition coefficient (Wildman–Crippen LogP) is 2.42. The maximum Gasteiger partial charge on any atom is 0.296 e. The summed E-state index contributed by atoms with van der Waals surface area (Å²) >= 11 is 3.15. The lowest BCUT2D eigenvalue weighted by Crippen LogP contribution is -2.12. The highest BCUT2D eigenvalue weighted by atomic mass is 79.9. The van der Waals surface area contributed by atoms with E-state index in [9.17, 15) is 12.8 Å². The summed E-state index contributed by atoms with van der Waals surface area (Å²) < 4.78 is 43.7. The average molecular weight is 399 g/mol. The summed E-state index contributed by atoms with van der Waals surface area (Å²) in [6.07, 6.45) is 0. The first-order chi connectivity index (χ1) is 9.84. The van der Waals surface area contributed by atoms with E-state index in [-0.39, 0.29) is 24.5 Å². The molecule has 0 aliphatic carbocycles. The Hall–Kier alpha value is -1.03. The molecule has 0 spiro atoms. The molecule has 21 heavy (non-hydrogen) atoms. The molecule has 1 aromatic carbocycles. The molecule has 2 rings (SSSR count). The third-order valence-corrected chi connectivity index (χ3v) is 4.27. The van der Waals surface area contributed by atoms with Crippen molar-refractivity contribution in [2.24, 2.45) is 0 Å². The van der Waals surface area contributed by atoms with Gasteiger partial charge < -0.3 is 4.74 Å². The van der Waals surface area contributed by atoms with Crippen LogP contribution in [0.3, 0.4) is 0 Å². The number of nitrogens with zero attached hydrogens (tertiary/aromatic N) is 3. The Labute approximate surface area is 133 Å². The molecule has 1 aromatic heterocycles. The van der Waals surface area contributed by atoms with Gasteiger partial charge in [-0.1, -0.05) is 15.9 Å². The van der Waals surface area contributed by atoms with Gasteiger partial charge >= 0.3 is 0 Å². The van der Waals surface area contributed by atoms with Crippen LogP contribution in [-0.2, 0) is 20.3 Å². The van der Waals surface area contributed by atoms with Crippen molar-refractivity contribution in [3.8, 4) is 11.4 Å². The zero-order valence-electron chi connectivity index (χ0n) is 10.8. The van der Waals surface area contributed by atoms with Crippen molar-refractivity contribution in [3.05, 3.63) is 28.5 Å². The van der Waals surface area contributed by atoms with Crippen LogP contribution in [0, 0.1) is 5.82 Å². The molecule has 0 saturated carbocycles. The second-order valence-electron chi connectivity index (χ2n) is 4.01. The van der Waals surface area contributed by atoms with E-state index in [1.807, 2.05) is 0 Å². The zero-order chi connectivity index (χ0) is 15.6. The van der Waals surface area contributed by atoms with E-state index >= 15 is 0 Å². The SMILES string of the molecule is COCCn1c(-c2ccc(Br)cc2F)nnc1S(=O)(=O)Cl. The Morgan fingerprint density at radius 3 is 2.71 bits per heavy atom. The lowest BCUT2D eigenvalue weighted by atomic mass is 10.2. The van der Waals surface area contributed by atoms with Gasteiger partial charge in [-0.05, 0) is 18.2 Å². The van der Waals surface area contributed by atoms with Gasteiger partial charge in [-0.2, -0.15) is 0 Å². The summed E-state index contributed by atoms with van der Waals surface area (Å²) in [5.41, 5.74) is 0.119. The normalized spacial score (nSPS) is 11.8. The van der Waals surface area contributed by atoms with Crippen molar-refractivity contribution in [2.75, 3.05) is 13.7 Å². The van der Waals surface area contributed by atoms with Gasteiger partial charge in [0.15, 0.2) is 5.82 Å². The summed E-state index contributed by atoms with van der Waals surface area (Å²) in [7, 11) is 2.67. The van der Waals surface area contributed by atoms with Crippen LogP contribution in [0.4, 0.5) is 4.39 Å². The van der Waals surface area contributed by atoms with Crippen LogP contribution in [0.15, 0.2) is 27.8 Å². The minimum absolute atomic E-state index is 0.0660. The number of ether oxygens (including phenoxy) is 1. The van der Waals surface area contributed by atoms with Crippen LogP contribution < -0.4 is 0 Å². The van der Waals surface area contributed by atoms with Crippen LogP contribution >= 0.6 is 26.6 Å². The number of hydrogen-bond acceptors (Lipinski definition) is 5. The highest BCUT2D eigenvalue weighted by molar-refractivity contribution is 9.10. The van der Waals surface area contributed by atoms with Crippen LogP contribution in [0.2, 0.25) is 0 Å². The van der Waals surface area contributed by atoms with E-state index in [0.717, 1.165) is 0 Å². The highest BCUT2D eigenvalue weighted by Gasteiger charge is 2.24. The first-order valence-corrected chi connectivity index (χ1v) is 8.77. The largest absolute Gasteiger partial charge is 0.383 e. The number of aromatic nitrogens is 3. The fourth-order valence-corrected chi connectivity index (χ4v) is 2.98. The maximum absolute atomic E-state index is 14.0. The maximum atomic E-state index is 14.0. The Kier molecular flexibility index (Phi) is 4.97. The number of benzene rings is 1. The molecule has 0 saturated heterocycles. The fraction of sp³-hybridized carbons (Fsp3) is 0.273. The molecular formula is C11H10BrClFN3O3S. The molecule has 0 fully saturated rings. The molecule has 2 aromatic rings. The topological polar surface area (TPSA) is 74.1 Å². The number of rotatable bonds is 5. The van der Waals surface area contributed by atoms with Crippen LogP contribution in [0.1, 0.15) is 0 Å². The standard InChI is InChI=1S/C11H10BrClFN3O3S/c1-20-5-4-17-10(15-16-11(17)21(13,18)19)8-3-2-7(12)6-9(8)14/h2-3,6H,4-5H2,1H3. The lowest BCUT2D eigenvalue weighted by Gasteiger charge is -2.09. The second kappa shape index (κ2) is 6.39.